The quantitative estimate of drug-likeness (QED) is 0.0456. The molecule has 2 aromatic heterocycles. The number of ether oxygens (including phenoxy) is 2. The summed E-state index contributed by atoms with van der Waals surface area (Å²) in [5, 5.41) is 10.6. The summed E-state index contributed by atoms with van der Waals surface area (Å²) in [6, 6.07) is 12.5. The van der Waals surface area contributed by atoms with Gasteiger partial charge in [-0.15, -0.1) is 6.42 Å². The van der Waals surface area contributed by atoms with E-state index in [4.69, 9.17) is 25.9 Å². The third kappa shape index (κ3) is 8.93. The number of rotatable bonds is 15. The van der Waals surface area contributed by atoms with E-state index in [9.17, 15) is 24.0 Å². The second-order valence-electron chi connectivity index (χ2n) is 20.5. The van der Waals surface area contributed by atoms with Crippen molar-refractivity contribution in [3.05, 3.63) is 95.2 Å². The summed E-state index contributed by atoms with van der Waals surface area (Å²) in [7, 11) is 1.72. The molecule has 2 bridgehead atoms. The van der Waals surface area contributed by atoms with Gasteiger partial charge in [0, 0.05) is 87.2 Å². The van der Waals surface area contributed by atoms with Gasteiger partial charge in [-0.25, -0.2) is 13.6 Å². The number of benzene rings is 3. The number of imide groups is 2. The number of halogens is 2. The summed E-state index contributed by atoms with van der Waals surface area (Å²) >= 11 is 0. The summed E-state index contributed by atoms with van der Waals surface area (Å²) in [4.78, 5) is 84.9. The SMILES string of the molecule is C#Cc1c(F)ccc2cccc(-c3ncc4c(N5CC6CCC(C5)N6)nc(OC[C@@]56CC[C@@H](COC(=O)N(C)CCCCCNc7ccc8c(c7)C(=O)N(C7CCC(=O)NC7=O)C8=O)N5CC(=C)C6)nc4c3F)c12. The molecule has 0 aliphatic carbocycles. The zero-order valence-corrected chi connectivity index (χ0v) is 41.1. The van der Waals surface area contributed by atoms with E-state index >= 15 is 8.78 Å². The number of fused-ring (bicyclic) bond motifs is 6. The van der Waals surface area contributed by atoms with Gasteiger partial charge in [-0.05, 0) is 87.4 Å². The minimum Gasteiger partial charge on any atom is -0.461 e. The van der Waals surface area contributed by atoms with Crippen molar-refractivity contribution in [2.45, 2.75) is 93.9 Å². The Balaban J connectivity index is 0.708. The van der Waals surface area contributed by atoms with Crippen molar-refractivity contribution >= 4 is 62.9 Å². The molecular weight excluding hydrogens is 951 g/mol. The van der Waals surface area contributed by atoms with Crippen LogP contribution in [0.5, 0.6) is 6.01 Å². The van der Waals surface area contributed by atoms with Crippen LogP contribution < -0.4 is 25.6 Å². The van der Waals surface area contributed by atoms with Gasteiger partial charge in [0.2, 0.25) is 11.8 Å². The lowest BCUT2D eigenvalue weighted by Crippen LogP contribution is -2.54. The Hall–Kier alpha value is -7.56. The van der Waals surface area contributed by atoms with Gasteiger partial charge >= 0.3 is 12.1 Å². The highest BCUT2D eigenvalue weighted by Crippen LogP contribution is 2.45. The molecule has 11 rings (SSSR count). The van der Waals surface area contributed by atoms with Gasteiger partial charge < -0.3 is 29.9 Å². The van der Waals surface area contributed by atoms with Crippen molar-refractivity contribution in [2.24, 2.45) is 0 Å². The number of terminal acetylenes is 1. The molecule has 382 valence electrons. The van der Waals surface area contributed by atoms with Gasteiger partial charge in [0.15, 0.2) is 5.82 Å². The Labute approximate surface area is 426 Å². The predicted molar refractivity (Wildman–Crippen MR) is 271 cm³/mol. The van der Waals surface area contributed by atoms with Crippen molar-refractivity contribution in [1.82, 2.24) is 40.3 Å². The lowest BCUT2D eigenvalue weighted by atomic mass is 9.94. The van der Waals surface area contributed by atoms with Crippen LogP contribution in [0.4, 0.5) is 25.1 Å². The number of nitrogens with zero attached hydrogens (tertiary/aromatic N) is 7. The van der Waals surface area contributed by atoms with Gasteiger partial charge in [-0.3, -0.25) is 39.3 Å². The Morgan fingerprint density at radius 3 is 2.59 bits per heavy atom. The maximum Gasteiger partial charge on any atom is 0.409 e. The highest BCUT2D eigenvalue weighted by atomic mass is 19.1. The molecule has 0 spiro atoms. The van der Waals surface area contributed by atoms with Crippen LogP contribution in [-0.4, -0.2) is 142 Å². The summed E-state index contributed by atoms with van der Waals surface area (Å²) < 4.78 is 44.7. The molecule has 5 atom stereocenters. The van der Waals surface area contributed by atoms with Crippen LogP contribution in [0.2, 0.25) is 0 Å². The molecule has 6 aliphatic rings. The molecule has 3 aromatic carbocycles. The first-order valence-electron chi connectivity index (χ1n) is 25.4. The lowest BCUT2D eigenvalue weighted by Gasteiger charge is -2.35. The van der Waals surface area contributed by atoms with Crippen LogP contribution >= 0.6 is 0 Å². The molecular formula is C55H56F2N10O7. The molecule has 19 heteroatoms. The third-order valence-electron chi connectivity index (χ3n) is 15.6. The maximum absolute atomic E-state index is 17.2. The molecule has 8 heterocycles. The molecule has 5 saturated heterocycles. The fraction of sp³-hybridized carbons (Fsp3) is 0.418. The van der Waals surface area contributed by atoms with E-state index in [2.05, 4.69) is 43.2 Å². The van der Waals surface area contributed by atoms with Gasteiger partial charge in [-0.2, -0.15) is 9.97 Å². The van der Waals surface area contributed by atoms with Gasteiger partial charge in [0.25, 0.3) is 11.8 Å². The van der Waals surface area contributed by atoms with Crippen LogP contribution in [0.25, 0.3) is 32.9 Å². The van der Waals surface area contributed by atoms with Crippen molar-refractivity contribution in [3.63, 3.8) is 0 Å². The molecule has 0 saturated carbocycles. The minimum absolute atomic E-state index is 0.0119. The molecule has 74 heavy (non-hydrogen) atoms. The highest BCUT2D eigenvalue weighted by molar-refractivity contribution is 6.23. The van der Waals surface area contributed by atoms with Crippen LogP contribution in [0, 0.1) is 24.0 Å². The van der Waals surface area contributed by atoms with Crippen LogP contribution in [-0.2, 0) is 14.3 Å². The largest absolute Gasteiger partial charge is 0.461 e. The van der Waals surface area contributed by atoms with E-state index in [1.807, 2.05) is 0 Å². The van der Waals surface area contributed by atoms with Gasteiger partial charge in [0.1, 0.15) is 42.1 Å². The molecule has 6 aliphatic heterocycles. The topological polar surface area (TPSA) is 192 Å². The van der Waals surface area contributed by atoms with Gasteiger partial charge in [-0.1, -0.05) is 42.3 Å². The zero-order valence-electron chi connectivity index (χ0n) is 41.1. The molecule has 5 fully saturated rings. The third-order valence-corrected chi connectivity index (χ3v) is 15.6. The number of amides is 5. The number of carbonyl (C=O) groups is 5. The lowest BCUT2D eigenvalue weighted by molar-refractivity contribution is -0.136. The first kappa shape index (κ1) is 48.7. The molecule has 3 N–H and O–H groups in total. The van der Waals surface area contributed by atoms with E-state index in [-0.39, 0.29) is 78.1 Å². The number of anilines is 2. The van der Waals surface area contributed by atoms with Crippen molar-refractivity contribution in [2.75, 3.05) is 63.2 Å². The van der Waals surface area contributed by atoms with Crippen molar-refractivity contribution < 1.29 is 42.2 Å². The first-order valence-corrected chi connectivity index (χ1v) is 25.4. The normalized spacial score (nSPS) is 23.4. The molecule has 5 amide bonds. The number of aromatic nitrogens is 3. The first-order chi connectivity index (χ1) is 35.8. The number of piperidine rings is 1. The van der Waals surface area contributed by atoms with Crippen LogP contribution in [0.15, 0.2) is 66.9 Å². The fourth-order valence-corrected chi connectivity index (χ4v) is 12.0. The Bertz CT molecular complexity index is 3210. The van der Waals surface area contributed by atoms with E-state index in [0.717, 1.165) is 55.4 Å². The van der Waals surface area contributed by atoms with Gasteiger partial charge in [0.05, 0.1) is 27.6 Å². The second-order valence-corrected chi connectivity index (χ2v) is 20.5. The monoisotopic (exact) mass is 1010 g/mol. The molecule has 17 nitrogen and oxygen atoms in total. The average Bonchev–Trinajstić information content (AvgIpc) is 4.10. The number of hydrogen-bond acceptors (Lipinski definition) is 14. The summed E-state index contributed by atoms with van der Waals surface area (Å²) in [6.45, 7) is 7.75. The van der Waals surface area contributed by atoms with Crippen LogP contribution in [0.3, 0.4) is 0 Å². The molecule has 0 radical (unpaired) electrons. The number of piperazine rings is 1. The van der Waals surface area contributed by atoms with E-state index in [1.54, 1.807) is 60.6 Å². The second kappa shape index (κ2) is 19.7. The number of pyridine rings is 1. The predicted octanol–water partition coefficient (Wildman–Crippen LogP) is 6.34. The van der Waals surface area contributed by atoms with Crippen molar-refractivity contribution in [3.8, 4) is 29.6 Å². The zero-order chi connectivity index (χ0) is 51.4. The smallest absolute Gasteiger partial charge is 0.409 e. The molecule has 3 unspecified atom stereocenters. The number of hydrogen-bond donors (Lipinski definition) is 3. The maximum atomic E-state index is 17.2. The Morgan fingerprint density at radius 2 is 1.80 bits per heavy atom. The van der Waals surface area contributed by atoms with Crippen molar-refractivity contribution in [1.29, 1.82) is 0 Å². The standard InChI is InChI=1S/C55H56F2N10O7/c1-4-37-42(56)16-11-32-9-8-10-39(45(32)37)47-46(57)48-41(25-59-47)49(65-27-34-12-13-35(28-65)60-34)63-53(62-48)74-30-55-20-19-36(66(55)26-31(2)24-55)29-73-54(72)64(3)22-7-5-6-21-58-33-14-15-38-40(23-33)52(71)67(51(38)70)43-17-18-44(68)61-50(43)69/h1,8-11,14-16,23,25,34-36,43,58,60H,2,5-7,12-13,17-22,24,26-30H2,3H3,(H,61,68,69)/t34?,35?,36-,43?,55-/m0/s1. The minimum atomic E-state index is -1.02. The number of nitrogens with one attached hydrogen (secondary N) is 3. The average molecular weight is 1010 g/mol. The molecule has 5 aromatic rings. The number of carbonyl (C=O) groups excluding carboxylic acids is 5. The summed E-state index contributed by atoms with van der Waals surface area (Å²) in [6.07, 6.45) is 13.6. The van der Waals surface area contributed by atoms with E-state index < -0.39 is 52.9 Å². The van der Waals surface area contributed by atoms with E-state index in [0.29, 0.717) is 72.4 Å². The fourth-order valence-electron chi connectivity index (χ4n) is 12.0. The highest BCUT2D eigenvalue weighted by Gasteiger charge is 2.52. The number of unbranched alkanes of at least 4 members (excludes halogenated alkanes) is 2. The van der Waals surface area contributed by atoms with E-state index in [1.165, 1.54) is 6.07 Å². The summed E-state index contributed by atoms with van der Waals surface area (Å²) in [5.41, 5.74) is 2.06. The summed E-state index contributed by atoms with van der Waals surface area (Å²) in [5.74, 6) is -0.475. The van der Waals surface area contributed by atoms with Crippen LogP contribution in [0.1, 0.15) is 90.5 Å². The Kier molecular flexibility index (Phi) is 13.0. The Morgan fingerprint density at radius 1 is 0.986 bits per heavy atom.